The first-order chi connectivity index (χ1) is 6.31. The van der Waals surface area contributed by atoms with E-state index in [1.165, 1.54) is 0 Å². The Morgan fingerprint density at radius 2 is 1.29 bits per heavy atom. The van der Waals surface area contributed by atoms with E-state index in [1.54, 1.807) is 0 Å². The van der Waals surface area contributed by atoms with Gasteiger partial charge in [-0.25, -0.2) is 0 Å². The predicted octanol–water partition coefficient (Wildman–Crippen LogP) is 3.86. The van der Waals surface area contributed by atoms with Crippen LogP contribution in [0.4, 0.5) is 0 Å². The Morgan fingerprint density at radius 1 is 0.929 bits per heavy atom. The summed E-state index contributed by atoms with van der Waals surface area (Å²) in [6, 6.07) is 0. The van der Waals surface area contributed by atoms with Crippen molar-refractivity contribution < 1.29 is 5.11 Å². The van der Waals surface area contributed by atoms with Crippen LogP contribution in [0.15, 0.2) is 0 Å². The van der Waals surface area contributed by atoms with Crippen molar-refractivity contribution in [1.29, 1.82) is 0 Å². The van der Waals surface area contributed by atoms with Crippen LogP contribution in [-0.2, 0) is 0 Å². The fourth-order valence-electron chi connectivity index (χ4n) is 2.28. The summed E-state index contributed by atoms with van der Waals surface area (Å²) in [7, 11) is 0. The lowest BCUT2D eigenvalue weighted by Crippen LogP contribution is -2.39. The Labute approximate surface area is 89.9 Å². The molecule has 0 saturated carbocycles. The van der Waals surface area contributed by atoms with Gasteiger partial charge in [-0.05, 0) is 30.6 Å². The molecule has 1 N–H and O–H groups in total. The molecule has 0 aliphatic carbocycles. The lowest BCUT2D eigenvalue weighted by molar-refractivity contribution is -0.0473. The average Bonchev–Trinajstić information content (AvgIpc) is 1.99. The molecule has 0 heterocycles. The van der Waals surface area contributed by atoms with Gasteiger partial charge in [-0.15, -0.1) is 0 Å². The minimum atomic E-state index is -0.447. The summed E-state index contributed by atoms with van der Waals surface area (Å²) in [4.78, 5) is 0. The maximum absolute atomic E-state index is 10.6. The van der Waals surface area contributed by atoms with Gasteiger partial charge in [-0.2, -0.15) is 0 Å². The maximum atomic E-state index is 10.6. The molecule has 0 aromatic carbocycles. The third kappa shape index (κ3) is 4.45. The van der Waals surface area contributed by atoms with E-state index in [9.17, 15) is 5.11 Å². The topological polar surface area (TPSA) is 20.2 Å². The molecule has 0 spiro atoms. The number of rotatable bonds is 6. The van der Waals surface area contributed by atoms with Gasteiger partial charge in [0.2, 0.25) is 0 Å². The van der Waals surface area contributed by atoms with E-state index < -0.39 is 5.60 Å². The fraction of sp³-hybridized carbons (Fsp3) is 1.00. The van der Waals surface area contributed by atoms with E-state index in [4.69, 9.17) is 0 Å². The second-order valence-corrected chi connectivity index (χ2v) is 5.61. The quantitative estimate of drug-likeness (QED) is 0.690. The molecule has 86 valence electrons. The second-order valence-electron chi connectivity index (χ2n) is 5.61. The Morgan fingerprint density at radius 3 is 1.50 bits per heavy atom. The monoisotopic (exact) mass is 200 g/mol. The minimum absolute atomic E-state index is 0.410. The number of hydrogen-bond acceptors (Lipinski definition) is 1. The van der Waals surface area contributed by atoms with Gasteiger partial charge >= 0.3 is 0 Å². The summed E-state index contributed by atoms with van der Waals surface area (Å²) in [5, 5.41) is 10.6. The van der Waals surface area contributed by atoms with Gasteiger partial charge in [-0.1, -0.05) is 48.0 Å². The van der Waals surface area contributed by atoms with Crippen LogP contribution in [0.25, 0.3) is 0 Å². The van der Waals surface area contributed by atoms with E-state index in [1.807, 2.05) is 0 Å². The molecule has 0 bridgehead atoms. The molecule has 0 aliphatic rings. The maximum Gasteiger partial charge on any atom is 0.0678 e. The zero-order valence-electron chi connectivity index (χ0n) is 10.8. The van der Waals surface area contributed by atoms with Crippen LogP contribution in [0.1, 0.15) is 60.8 Å². The van der Waals surface area contributed by atoms with Crippen molar-refractivity contribution in [2.75, 3.05) is 0 Å². The molecule has 0 amide bonds. The summed E-state index contributed by atoms with van der Waals surface area (Å²) < 4.78 is 0. The first-order valence-electron chi connectivity index (χ1n) is 6.04. The molecule has 0 saturated heterocycles. The highest BCUT2D eigenvalue weighted by Gasteiger charge is 2.33. The van der Waals surface area contributed by atoms with Crippen LogP contribution in [0.2, 0.25) is 0 Å². The fourth-order valence-corrected chi connectivity index (χ4v) is 2.28. The molecular weight excluding hydrogens is 172 g/mol. The normalized spacial score (nSPS) is 15.2. The molecule has 0 fully saturated rings. The van der Waals surface area contributed by atoms with Crippen molar-refractivity contribution in [1.82, 2.24) is 0 Å². The largest absolute Gasteiger partial charge is 0.390 e. The summed E-state index contributed by atoms with van der Waals surface area (Å²) in [6.45, 7) is 13.1. The van der Waals surface area contributed by atoms with E-state index in [0.717, 1.165) is 19.3 Å². The molecule has 1 nitrogen and oxygen atoms in total. The van der Waals surface area contributed by atoms with Gasteiger partial charge in [0.15, 0.2) is 0 Å². The molecule has 0 radical (unpaired) electrons. The smallest absolute Gasteiger partial charge is 0.0678 e. The van der Waals surface area contributed by atoms with Crippen molar-refractivity contribution in [2.24, 2.45) is 17.8 Å². The van der Waals surface area contributed by atoms with Crippen molar-refractivity contribution in [3.05, 3.63) is 0 Å². The molecule has 0 aliphatic heterocycles. The summed E-state index contributed by atoms with van der Waals surface area (Å²) in [5.74, 6) is 1.56. The molecule has 0 unspecified atom stereocenters. The van der Waals surface area contributed by atoms with E-state index >= 15 is 0 Å². The molecule has 1 heteroatoms. The summed E-state index contributed by atoms with van der Waals surface area (Å²) in [6.07, 6.45) is 2.93. The lowest BCUT2D eigenvalue weighted by atomic mass is 9.75. The van der Waals surface area contributed by atoms with Gasteiger partial charge in [0.1, 0.15) is 0 Å². The number of hydrogen-bond donors (Lipinski definition) is 1. The van der Waals surface area contributed by atoms with Crippen molar-refractivity contribution in [3.8, 4) is 0 Å². The van der Waals surface area contributed by atoms with Crippen LogP contribution in [-0.4, -0.2) is 10.7 Å². The average molecular weight is 200 g/mol. The molecule has 0 rings (SSSR count). The van der Waals surface area contributed by atoms with Crippen LogP contribution in [0.3, 0.4) is 0 Å². The second kappa shape index (κ2) is 5.75. The van der Waals surface area contributed by atoms with Crippen molar-refractivity contribution in [3.63, 3.8) is 0 Å². The highest BCUT2D eigenvalue weighted by Crippen LogP contribution is 2.33. The zero-order chi connectivity index (χ0) is 11.4. The third-order valence-corrected chi connectivity index (χ3v) is 3.05. The summed E-state index contributed by atoms with van der Waals surface area (Å²) >= 11 is 0. The molecule has 1 atom stereocenters. The molecule has 0 aromatic rings. The zero-order valence-corrected chi connectivity index (χ0v) is 10.8. The van der Waals surface area contributed by atoms with Gasteiger partial charge in [0, 0.05) is 0 Å². The minimum Gasteiger partial charge on any atom is -0.390 e. The van der Waals surface area contributed by atoms with E-state index in [-0.39, 0.29) is 0 Å². The Hall–Kier alpha value is -0.0400. The van der Waals surface area contributed by atoms with Crippen LogP contribution >= 0.6 is 0 Å². The first-order valence-corrected chi connectivity index (χ1v) is 6.04. The summed E-state index contributed by atoms with van der Waals surface area (Å²) in [5.41, 5.74) is -0.447. The SMILES string of the molecule is CC[C@@H](C)C(O)(CC(C)C)CC(C)C. The predicted molar refractivity (Wildman–Crippen MR) is 63.3 cm³/mol. The van der Waals surface area contributed by atoms with Gasteiger partial charge in [0.25, 0.3) is 0 Å². The van der Waals surface area contributed by atoms with Crippen molar-refractivity contribution >= 4 is 0 Å². The van der Waals surface area contributed by atoms with Crippen LogP contribution in [0.5, 0.6) is 0 Å². The highest BCUT2D eigenvalue weighted by molar-refractivity contribution is 4.85. The van der Waals surface area contributed by atoms with Gasteiger partial charge in [-0.3, -0.25) is 0 Å². The van der Waals surface area contributed by atoms with E-state index in [2.05, 4.69) is 41.5 Å². The molecule has 14 heavy (non-hydrogen) atoms. The van der Waals surface area contributed by atoms with Crippen LogP contribution < -0.4 is 0 Å². The number of aliphatic hydroxyl groups is 1. The Balaban J connectivity index is 4.48. The molecule has 0 aromatic heterocycles. The lowest BCUT2D eigenvalue weighted by Gasteiger charge is -2.36. The Kier molecular flexibility index (Phi) is 5.73. The van der Waals surface area contributed by atoms with Gasteiger partial charge < -0.3 is 5.11 Å². The third-order valence-electron chi connectivity index (χ3n) is 3.05. The molecular formula is C13H28O. The highest BCUT2D eigenvalue weighted by atomic mass is 16.3. The Bertz CT molecular complexity index is 139. The van der Waals surface area contributed by atoms with Gasteiger partial charge in [0.05, 0.1) is 5.60 Å². The van der Waals surface area contributed by atoms with Crippen molar-refractivity contribution in [2.45, 2.75) is 66.4 Å². The first kappa shape index (κ1) is 14.0. The van der Waals surface area contributed by atoms with E-state index in [0.29, 0.717) is 17.8 Å². The van der Waals surface area contributed by atoms with Crippen LogP contribution in [0, 0.1) is 17.8 Å². The standard InChI is InChI=1S/C13H28O/c1-7-12(6)13(14,8-10(2)3)9-11(4)5/h10-12,14H,7-9H2,1-6H3/t12-/m1/s1.